The van der Waals surface area contributed by atoms with Crippen molar-refractivity contribution in [2.75, 3.05) is 0 Å². The minimum atomic E-state index is 0.316. The van der Waals surface area contributed by atoms with Crippen molar-refractivity contribution in [3.63, 3.8) is 0 Å². The maximum absolute atomic E-state index is 6.13. The number of rotatable bonds is 5. The van der Waals surface area contributed by atoms with Gasteiger partial charge in [-0.2, -0.15) is 0 Å². The second-order valence-corrected chi connectivity index (χ2v) is 6.68. The van der Waals surface area contributed by atoms with Gasteiger partial charge in [0.1, 0.15) is 18.1 Å². The monoisotopic (exact) mass is 422 g/mol. The fourth-order valence-corrected chi connectivity index (χ4v) is 2.99. The van der Waals surface area contributed by atoms with Gasteiger partial charge in [0.2, 0.25) is 0 Å². The van der Waals surface area contributed by atoms with Crippen LogP contribution in [0.5, 0.6) is 17.2 Å². The number of ether oxygens (including phenoxy) is 2. The molecule has 0 heterocycles. The van der Waals surface area contributed by atoms with Crippen LogP contribution in [-0.2, 0) is 6.61 Å². The number of para-hydroxylation sites is 2. The summed E-state index contributed by atoms with van der Waals surface area (Å²) in [6.07, 6.45) is 0. The van der Waals surface area contributed by atoms with Gasteiger partial charge in [0.05, 0.1) is 10.0 Å². The van der Waals surface area contributed by atoms with Gasteiger partial charge >= 0.3 is 0 Å². The maximum Gasteiger partial charge on any atom is 0.156 e. The molecular formula is C19H13BrCl2O2. The van der Waals surface area contributed by atoms with Gasteiger partial charge in [0.25, 0.3) is 0 Å². The van der Waals surface area contributed by atoms with Gasteiger partial charge in [-0.1, -0.05) is 63.4 Å². The zero-order valence-corrected chi connectivity index (χ0v) is 15.6. The van der Waals surface area contributed by atoms with E-state index in [2.05, 4.69) is 15.9 Å². The molecule has 3 aromatic carbocycles. The molecule has 0 aliphatic carbocycles. The average molecular weight is 424 g/mol. The first-order valence-corrected chi connectivity index (χ1v) is 8.76. The summed E-state index contributed by atoms with van der Waals surface area (Å²) >= 11 is 15.8. The highest BCUT2D eigenvalue weighted by atomic mass is 79.9. The predicted octanol–water partition coefficient (Wildman–Crippen LogP) is 7.13. The average Bonchev–Trinajstić information content (AvgIpc) is 2.58. The van der Waals surface area contributed by atoms with Gasteiger partial charge in [-0.05, 0) is 42.5 Å². The summed E-state index contributed by atoms with van der Waals surface area (Å²) in [4.78, 5) is 0. The van der Waals surface area contributed by atoms with E-state index >= 15 is 0 Å². The van der Waals surface area contributed by atoms with E-state index in [-0.39, 0.29) is 0 Å². The first kappa shape index (κ1) is 17.2. The Morgan fingerprint density at radius 3 is 2.21 bits per heavy atom. The molecule has 0 aliphatic heterocycles. The highest BCUT2D eigenvalue weighted by molar-refractivity contribution is 9.10. The van der Waals surface area contributed by atoms with Crippen LogP contribution < -0.4 is 9.47 Å². The maximum atomic E-state index is 6.13. The Hall–Kier alpha value is -1.68. The summed E-state index contributed by atoms with van der Waals surface area (Å²) in [6.45, 7) is 0.316. The molecule has 0 spiro atoms. The van der Waals surface area contributed by atoms with Crippen molar-refractivity contribution in [3.8, 4) is 17.2 Å². The molecule has 0 N–H and O–H groups in total. The molecule has 0 bridgehead atoms. The molecule has 3 aromatic rings. The van der Waals surface area contributed by atoms with Crippen molar-refractivity contribution < 1.29 is 9.47 Å². The first-order chi connectivity index (χ1) is 11.6. The SMILES string of the molecule is Clc1cccc(Cl)c1OCc1cc(Oc2ccccc2)ccc1Br. The van der Waals surface area contributed by atoms with Crippen LogP contribution in [0.15, 0.2) is 71.2 Å². The highest BCUT2D eigenvalue weighted by Crippen LogP contribution is 2.34. The smallest absolute Gasteiger partial charge is 0.156 e. The van der Waals surface area contributed by atoms with E-state index in [1.54, 1.807) is 18.2 Å². The molecule has 0 amide bonds. The Bertz CT molecular complexity index is 818. The summed E-state index contributed by atoms with van der Waals surface area (Å²) in [5, 5.41) is 0.964. The summed E-state index contributed by atoms with van der Waals surface area (Å²) in [5.74, 6) is 1.98. The Morgan fingerprint density at radius 2 is 1.50 bits per heavy atom. The van der Waals surface area contributed by atoms with Gasteiger partial charge in [0, 0.05) is 10.0 Å². The van der Waals surface area contributed by atoms with Crippen LogP contribution in [0.2, 0.25) is 10.0 Å². The predicted molar refractivity (Wildman–Crippen MR) is 101 cm³/mol. The minimum Gasteiger partial charge on any atom is -0.486 e. The summed E-state index contributed by atoms with van der Waals surface area (Å²) < 4.78 is 12.6. The van der Waals surface area contributed by atoms with E-state index < -0.39 is 0 Å². The van der Waals surface area contributed by atoms with Crippen molar-refractivity contribution in [1.29, 1.82) is 0 Å². The van der Waals surface area contributed by atoms with Crippen molar-refractivity contribution in [3.05, 3.63) is 86.8 Å². The molecule has 5 heteroatoms. The van der Waals surface area contributed by atoms with Gasteiger partial charge in [0.15, 0.2) is 5.75 Å². The van der Waals surface area contributed by atoms with Crippen LogP contribution >= 0.6 is 39.1 Å². The van der Waals surface area contributed by atoms with Gasteiger partial charge < -0.3 is 9.47 Å². The van der Waals surface area contributed by atoms with E-state index in [0.717, 1.165) is 21.5 Å². The Kier molecular flexibility index (Phi) is 5.67. The Labute approximate surface area is 159 Å². The minimum absolute atomic E-state index is 0.316. The molecule has 0 saturated heterocycles. The van der Waals surface area contributed by atoms with Crippen molar-refractivity contribution in [1.82, 2.24) is 0 Å². The third kappa shape index (κ3) is 4.23. The third-order valence-corrected chi connectivity index (χ3v) is 4.66. The quantitative estimate of drug-likeness (QED) is 0.434. The molecule has 0 saturated carbocycles. The number of hydrogen-bond donors (Lipinski definition) is 0. The fourth-order valence-electron chi connectivity index (χ4n) is 2.12. The van der Waals surface area contributed by atoms with E-state index in [0.29, 0.717) is 22.4 Å². The molecule has 0 aromatic heterocycles. The molecular weight excluding hydrogens is 411 g/mol. The van der Waals surface area contributed by atoms with Crippen molar-refractivity contribution in [2.45, 2.75) is 6.61 Å². The van der Waals surface area contributed by atoms with Gasteiger partial charge in [-0.3, -0.25) is 0 Å². The third-order valence-electron chi connectivity index (χ3n) is 3.29. The summed E-state index contributed by atoms with van der Waals surface area (Å²) in [5.41, 5.74) is 0.930. The van der Waals surface area contributed by atoms with Crippen LogP contribution in [0.25, 0.3) is 0 Å². The first-order valence-electron chi connectivity index (χ1n) is 7.21. The molecule has 0 fully saturated rings. The summed E-state index contributed by atoms with van der Waals surface area (Å²) in [7, 11) is 0. The molecule has 3 rings (SSSR count). The molecule has 2 nitrogen and oxygen atoms in total. The zero-order chi connectivity index (χ0) is 16.9. The molecule has 0 atom stereocenters. The van der Waals surface area contributed by atoms with Crippen LogP contribution in [0, 0.1) is 0 Å². The molecule has 24 heavy (non-hydrogen) atoms. The molecule has 0 unspecified atom stereocenters. The second-order valence-electron chi connectivity index (χ2n) is 5.01. The Morgan fingerprint density at radius 1 is 0.792 bits per heavy atom. The van der Waals surface area contributed by atoms with Crippen molar-refractivity contribution in [2.24, 2.45) is 0 Å². The molecule has 0 radical (unpaired) electrons. The normalized spacial score (nSPS) is 10.5. The molecule has 122 valence electrons. The lowest BCUT2D eigenvalue weighted by Gasteiger charge is -2.12. The van der Waals surface area contributed by atoms with Crippen molar-refractivity contribution >= 4 is 39.1 Å². The van der Waals surface area contributed by atoms with E-state index in [4.69, 9.17) is 32.7 Å². The van der Waals surface area contributed by atoms with E-state index in [1.165, 1.54) is 0 Å². The lowest BCUT2D eigenvalue weighted by Crippen LogP contribution is -1.98. The van der Waals surface area contributed by atoms with Crippen LogP contribution in [0.4, 0.5) is 0 Å². The van der Waals surface area contributed by atoms with Gasteiger partial charge in [-0.25, -0.2) is 0 Å². The topological polar surface area (TPSA) is 18.5 Å². The van der Waals surface area contributed by atoms with E-state index in [9.17, 15) is 0 Å². The van der Waals surface area contributed by atoms with E-state index in [1.807, 2.05) is 48.5 Å². The molecule has 0 aliphatic rings. The lowest BCUT2D eigenvalue weighted by atomic mass is 10.2. The largest absolute Gasteiger partial charge is 0.486 e. The number of halogens is 3. The standard InChI is InChI=1S/C19H13BrCl2O2/c20-16-10-9-15(24-14-5-2-1-3-6-14)11-13(16)12-23-19-17(21)7-4-8-18(19)22/h1-11H,12H2. The van der Waals surface area contributed by atoms with Crippen LogP contribution in [0.1, 0.15) is 5.56 Å². The zero-order valence-electron chi connectivity index (χ0n) is 12.5. The fraction of sp³-hybridized carbons (Fsp3) is 0.0526. The second kappa shape index (κ2) is 7.93. The van der Waals surface area contributed by atoms with Crippen LogP contribution in [-0.4, -0.2) is 0 Å². The number of benzene rings is 3. The highest BCUT2D eigenvalue weighted by Gasteiger charge is 2.09. The number of hydrogen-bond acceptors (Lipinski definition) is 2. The van der Waals surface area contributed by atoms with Gasteiger partial charge in [-0.15, -0.1) is 0 Å². The van der Waals surface area contributed by atoms with Crippen LogP contribution in [0.3, 0.4) is 0 Å². The lowest BCUT2D eigenvalue weighted by molar-refractivity contribution is 0.305. The summed E-state index contributed by atoms with van der Waals surface area (Å²) in [6, 6.07) is 20.6. The Balaban J connectivity index is 1.77.